The lowest BCUT2D eigenvalue weighted by molar-refractivity contribution is 0.139. The van der Waals surface area contributed by atoms with Crippen molar-refractivity contribution in [1.82, 2.24) is 14.9 Å². The number of halogens is 2. The highest BCUT2D eigenvalue weighted by Crippen LogP contribution is 2.34. The second-order valence-corrected chi connectivity index (χ2v) is 8.50. The fraction of sp³-hybridized carbons (Fsp3) is 0.524. The fourth-order valence-corrected chi connectivity index (χ4v) is 3.94. The second-order valence-electron chi connectivity index (χ2n) is 7.32. The molecule has 0 N–H and O–H groups in total. The summed E-state index contributed by atoms with van der Waals surface area (Å²) in [5, 5.41) is 0.413. The van der Waals surface area contributed by atoms with Crippen molar-refractivity contribution in [1.29, 1.82) is 0 Å². The van der Waals surface area contributed by atoms with E-state index >= 15 is 0 Å². The molecule has 8 heteroatoms. The predicted molar refractivity (Wildman–Crippen MR) is 131 cm³/mol. The van der Waals surface area contributed by atoms with Crippen LogP contribution in [-0.2, 0) is 0 Å². The molecule has 5 nitrogen and oxygen atoms in total. The van der Waals surface area contributed by atoms with E-state index in [-0.39, 0.29) is 17.0 Å². The van der Waals surface area contributed by atoms with Crippen LogP contribution in [0.4, 0.5) is 11.6 Å². The van der Waals surface area contributed by atoms with Crippen LogP contribution >= 0.6 is 40.3 Å². The normalized spacial score (nSPS) is 11.1. The Kier molecular flexibility index (Phi) is 10.8. The number of aromatic nitrogens is 2. The van der Waals surface area contributed by atoms with Gasteiger partial charge in [0.2, 0.25) is 11.8 Å². The van der Waals surface area contributed by atoms with Crippen LogP contribution in [0.1, 0.15) is 33.3 Å². The molecule has 0 spiro atoms. The molecule has 0 saturated carbocycles. The first-order valence-corrected chi connectivity index (χ1v) is 11.1. The molecule has 0 bridgehead atoms. The monoisotopic (exact) mass is 502 g/mol. The van der Waals surface area contributed by atoms with Gasteiger partial charge in [-0.15, -0.1) is 28.7 Å². The van der Waals surface area contributed by atoms with E-state index in [1.54, 1.807) is 0 Å². The lowest BCUT2D eigenvalue weighted by Gasteiger charge is -2.30. The van der Waals surface area contributed by atoms with Crippen LogP contribution < -0.4 is 9.64 Å². The molecule has 162 valence electrons. The summed E-state index contributed by atoms with van der Waals surface area (Å²) < 4.78 is 6.06. The Labute approximate surface area is 195 Å². The number of aryl methyl sites for hydroxylation is 1. The van der Waals surface area contributed by atoms with Gasteiger partial charge >= 0.3 is 0 Å². The van der Waals surface area contributed by atoms with Gasteiger partial charge in [-0.1, -0.05) is 29.3 Å². The molecule has 29 heavy (non-hydrogen) atoms. The molecule has 0 atom stereocenters. The lowest BCUT2D eigenvalue weighted by atomic mass is 10.2. The van der Waals surface area contributed by atoms with Gasteiger partial charge in [0.1, 0.15) is 11.5 Å². The highest BCUT2D eigenvalue weighted by atomic mass is 79.9. The Morgan fingerprint density at radius 3 is 2.17 bits per heavy atom. The number of anilines is 2. The molecule has 0 radical (unpaired) electrons. The molecule has 2 aromatic rings. The van der Waals surface area contributed by atoms with Crippen LogP contribution in [0.25, 0.3) is 0 Å². The van der Waals surface area contributed by atoms with Crippen LogP contribution in [0.15, 0.2) is 29.2 Å². The number of benzene rings is 1. The lowest BCUT2D eigenvalue weighted by Crippen LogP contribution is -2.39. The standard InChI is InChI=1S/C21H31ClN4OS.BrH/c1-14(2)26(15(3)4)12-13-27-20-18(28-7)19(22)23-21(24-20)25(6)17-10-8-16(5)9-11-17;/h8-11,14-15H,12-13H2,1-7H3;1H. The maximum atomic E-state index is 6.44. The number of hydrogen-bond acceptors (Lipinski definition) is 6. The van der Waals surface area contributed by atoms with Crippen molar-refractivity contribution in [3.8, 4) is 5.88 Å². The molecular weight excluding hydrogens is 472 g/mol. The summed E-state index contributed by atoms with van der Waals surface area (Å²) in [6, 6.07) is 9.13. The van der Waals surface area contributed by atoms with E-state index in [0.29, 0.717) is 35.7 Å². The molecule has 1 heterocycles. The molecule has 0 unspecified atom stereocenters. The Morgan fingerprint density at radius 2 is 1.66 bits per heavy atom. The third-order valence-electron chi connectivity index (χ3n) is 4.62. The molecule has 0 aliphatic heterocycles. The van der Waals surface area contributed by atoms with Gasteiger partial charge in [0, 0.05) is 31.4 Å². The molecular formula is C21H32BrClN4OS. The predicted octanol–water partition coefficient (Wildman–Crippen LogP) is 6.00. The van der Waals surface area contributed by atoms with Gasteiger partial charge in [-0.25, -0.2) is 0 Å². The summed E-state index contributed by atoms with van der Waals surface area (Å²) in [6.07, 6.45) is 1.95. The van der Waals surface area contributed by atoms with Gasteiger partial charge in [-0.3, -0.25) is 4.90 Å². The molecule has 1 aromatic heterocycles. The van der Waals surface area contributed by atoms with Crippen LogP contribution in [0.2, 0.25) is 5.15 Å². The van der Waals surface area contributed by atoms with Gasteiger partial charge in [-0.05, 0) is 53.0 Å². The molecule has 0 fully saturated rings. The van der Waals surface area contributed by atoms with Crippen molar-refractivity contribution >= 4 is 52.0 Å². The third kappa shape index (κ3) is 7.02. The van der Waals surface area contributed by atoms with Crippen LogP contribution in [0, 0.1) is 6.92 Å². The number of ether oxygens (including phenoxy) is 1. The smallest absolute Gasteiger partial charge is 0.234 e. The van der Waals surface area contributed by atoms with E-state index in [1.807, 2.05) is 30.3 Å². The summed E-state index contributed by atoms with van der Waals surface area (Å²) in [4.78, 5) is 14.2. The van der Waals surface area contributed by atoms with Crippen molar-refractivity contribution in [3.05, 3.63) is 35.0 Å². The summed E-state index contributed by atoms with van der Waals surface area (Å²) in [7, 11) is 1.93. The van der Waals surface area contributed by atoms with Crippen molar-refractivity contribution in [2.45, 2.75) is 51.6 Å². The minimum absolute atomic E-state index is 0. The van der Waals surface area contributed by atoms with Gasteiger partial charge in [0.25, 0.3) is 0 Å². The van der Waals surface area contributed by atoms with E-state index < -0.39 is 0 Å². The van der Waals surface area contributed by atoms with E-state index in [0.717, 1.165) is 17.1 Å². The van der Waals surface area contributed by atoms with Gasteiger partial charge in [0.05, 0.1) is 0 Å². The molecule has 0 aliphatic carbocycles. The zero-order valence-electron chi connectivity index (χ0n) is 18.3. The van der Waals surface area contributed by atoms with Crippen molar-refractivity contribution in [2.24, 2.45) is 0 Å². The van der Waals surface area contributed by atoms with Crippen molar-refractivity contribution in [2.75, 3.05) is 31.4 Å². The first-order valence-electron chi connectivity index (χ1n) is 9.55. The average molecular weight is 504 g/mol. The summed E-state index contributed by atoms with van der Waals surface area (Å²) in [5.41, 5.74) is 2.20. The van der Waals surface area contributed by atoms with E-state index in [2.05, 4.69) is 61.6 Å². The molecule has 2 rings (SSSR count). The van der Waals surface area contributed by atoms with E-state index in [4.69, 9.17) is 16.3 Å². The molecule has 0 aliphatic rings. The van der Waals surface area contributed by atoms with E-state index in [9.17, 15) is 0 Å². The number of hydrogen-bond donors (Lipinski definition) is 0. The quantitative estimate of drug-likeness (QED) is 0.309. The average Bonchev–Trinajstić information content (AvgIpc) is 2.64. The molecule has 1 aromatic carbocycles. The number of thioether (sulfide) groups is 1. The highest BCUT2D eigenvalue weighted by Gasteiger charge is 2.18. The SMILES string of the molecule is Br.CSc1c(Cl)nc(N(C)c2ccc(C)cc2)nc1OCCN(C(C)C)C(C)C. The van der Waals surface area contributed by atoms with Gasteiger partial charge < -0.3 is 9.64 Å². The summed E-state index contributed by atoms with van der Waals surface area (Å²) >= 11 is 7.94. The van der Waals surface area contributed by atoms with Crippen molar-refractivity contribution in [3.63, 3.8) is 0 Å². The van der Waals surface area contributed by atoms with Crippen LogP contribution in [0.3, 0.4) is 0 Å². The van der Waals surface area contributed by atoms with Gasteiger partial charge in [0.15, 0.2) is 5.15 Å². The fourth-order valence-electron chi connectivity index (χ4n) is 3.06. The number of rotatable bonds is 9. The first kappa shape index (κ1) is 26.0. The minimum Gasteiger partial charge on any atom is -0.475 e. The maximum Gasteiger partial charge on any atom is 0.234 e. The zero-order chi connectivity index (χ0) is 20.8. The van der Waals surface area contributed by atoms with E-state index in [1.165, 1.54) is 17.3 Å². The Bertz CT molecular complexity index is 766. The first-order chi connectivity index (χ1) is 13.2. The maximum absolute atomic E-state index is 6.44. The molecule has 0 saturated heterocycles. The summed E-state index contributed by atoms with van der Waals surface area (Å²) in [6.45, 7) is 12.2. The third-order valence-corrected chi connectivity index (χ3v) is 5.78. The van der Waals surface area contributed by atoms with Crippen LogP contribution in [-0.4, -0.2) is 53.4 Å². The highest BCUT2D eigenvalue weighted by molar-refractivity contribution is 8.93. The summed E-state index contributed by atoms with van der Waals surface area (Å²) in [5.74, 6) is 1.06. The molecule has 0 amide bonds. The zero-order valence-corrected chi connectivity index (χ0v) is 21.6. The Balaban J connectivity index is 0.00000420. The Hall–Kier alpha value is -1.02. The minimum atomic E-state index is 0. The van der Waals surface area contributed by atoms with Crippen LogP contribution in [0.5, 0.6) is 5.88 Å². The second kappa shape index (κ2) is 12.0. The Morgan fingerprint density at radius 1 is 1.07 bits per heavy atom. The number of nitrogens with zero attached hydrogens (tertiary/aromatic N) is 4. The van der Waals surface area contributed by atoms with Gasteiger partial charge in [-0.2, -0.15) is 9.97 Å². The topological polar surface area (TPSA) is 41.5 Å². The van der Waals surface area contributed by atoms with Crippen molar-refractivity contribution < 1.29 is 4.74 Å². The largest absolute Gasteiger partial charge is 0.475 e.